The van der Waals surface area contributed by atoms with Crippen molar-refractivity contribution in [2.24, 2.45) is 11.8 Å². The summed E-state index contributed by atoms with van der Waals surface area (Å²) in [5.41, 5.74) is 5.20. The van der Waals surface area contributed by atoms with Crippen molar-refractivity contribution in [3.05, 3.63) is 40.6 Å². The first-order valence-corrected chi connectivity index (χ1v) is 9.05. The van der Waals surface area contributed by atoms with Crippen LogP contribution in [0.2, 0.25) is 5.02 Å². The van der Waals surface area contributed by atoms with Crippen LogP contribution < -0.4 is 10.3 Å². The van der Waals surface area contributed by atoms with Crippen LogP contribution in [0.5, 0.6) is 0 Å². The summed E-state index contributed by atoms with van der Waals surface area (Å²) in [7, 11) is -3.57. The normalized spacial score (nSPS) is 27.0. The fraction of sp³-hybridized carbons (Fsp3) is 0.467. The van der Waals surface area contributed by atoms with E-state index in [1.807, 2.05) is 6.92 Å². The number of hydrogen-bond donors (Lipinski definition) is 2. The van der Waals surface area contributed by atoms with E-state index in [-0.39, 0.29) is 4.90 Å². The first-order chi connectivity index (χ1) is 9.95. The average molecular weight is 327 g/mol. The quantitative estimate of drug-likeness (QED) is 0.835. The number of sulfonamides is 1. The van der Waals surface area contributed by atoms with Gasteiger partial charge in [0.25, 0.3) is 10.0 Å². The molecule has 0 amide bonds. The minimum atomic E-state index is -3.57. The highest BCUT2D eigenvalue weighted by Gasteiger charge is 2.36. The van der Waals surface area contributed by atoms with Crippen LogP contribution in [0, 0.1) is 11.8 Å². The van der Waals surface area contributed by atoms with Crippen molar-refractivity contribution in [3.63, 3.8) is 0 Å². The molecule has 2 bridgehead atoms. The van der Waals surface area contributed by atoms with Crippen molar-refractivity contribution in [2.45, 2.75) is 37.5 Å². The van der Waals surface area contributed by atoms with E-state index in [9.17, 15) is 8.42 Å². The number of rotatable bonds is 4. The molecule has 2 saturated carbocycles. The summed E-state index contributed by atoms with van der Waals surface area (Å²) in [6, 6.07) is 6.12. The largest absolute Gasteiger partial charge is 0.312 e. The molecule has 2 aliphatic carbocycles. The molecule has 0 aromatic heterocycles. The van der Waals surface area contributed by atoms with E-state index in [0.29, 0.717) is 10.9 Å². The third-order valence-electron chi connectivity index (χ3n) is 4.52. The third-order valence-corrected chi connectivity index (χ3v) is 6.04. The number of hydrogen-bond acceptors (Lipinski definition) is 3. The van der Waals surface area contributed by atoms with Gasteiger partial charge in [-0.05, 0) is 74.3 Å². The molecule has 2 N–H and O–H groups in total. The number of allylic oxidation sites excluding steroid dienone is 2. The second-order valence-electron chi connectivity index (χ2n) is 5.91. The zero-order chi connectivity index (χ0) is 15.0. The van der Waals surface area contributed by atoms with Gasteiger partial charge in [0.2, 0.25) is 0 Å². The van der Waals surface area contributed by atoms with Gasteiger partial charge in [-0.15, -0.1) is 4.83 Å². The smallest absolute Gasteiger partial charge is 0.257 e. The van der Waals surface area contributed by atoms with Crippen LogP contribution in [0.15, 0.2) is 40.4 Å². The lowest BCUT2D eigenvalue weighted by Gasteiger charge is -2.18. The Morgan fingerprint density at radius 2 is 1.95 bits per heavy atom. The van der Waals surface area contributed by atoms with Crippen LogP contribution in [-0.4, -0.2) is 8.42 Å². The van der Waals surface area contributed by atoms with Gasteiger partial charge in [-0.2, -0.15) is 0 Å². The highest BCUT2D eigenvalue weighted by atomic mass is 35.5. The zero-order valence-electron chi connectivity index (χ0n) is 11.9. The van der Waals surface area contributed by atoms with E-state index in [1.54, 1.807) is 12.1 Å². The number of benzene rings is 1. The molecule has 0 radical (unpaired) electrons. The van der Waals surface area contributed by atoms with Gasteiger partial charge in [0.1, 0.15) is 0 Å². The van der Waals surface area contributed by atoms with E-state index in [0.717, 1.165) is 18.0 Å². The highest BCUT2D eigenvalue weighted by molar-refractivity contribution is 7.89. The first-order valence-electron chi connectivity index (χ1n) is 7.19. The van der Waals surface area contributed by atoms with Gasteiger partial charge >= 0.3 is 0 Å². The second-order valence-corrected chi connectivity index (χ2v) is 8.03. The van der Waals surface area contributed by atoms with Gasteiger partial charge in [-0.1, -0.05) is 11.6 Å². The fourth-order valence-electron chi connectivity index (χ4n) is 3.41. The van der Waals surface area contributed by atoms with E-state index < -0.39 is 10.0 Å². The summed E-state index contributed by atoms with van der Waals surface area (Å²) in [6.45, 7) is 1.94. The summed E-state index contributed by atoms with van der Waals surface area (Å²) < 4.78 is 24.4. The summed E-state index contributed by atoms with van der Waals surface area (Å²) in [5, 5.41) is 0.516. The van der Waals surface area contributed by atoms with Gasteiger partial charge in [-0.25, -0.2) is 8.42 Å². The van der Waals surface area contributed by atoms with Crippen LogP contribution in [0.25, 0.3) is 0 Å². The molecule has 0 saturated heterocycles. The van der Waals surface area contributed by atoms with Crippen molar-refractivity contribution in [1.29, 1.82) is 0 Å². The minimum absolute atomic E-state index is 0.199. The molecular weight excluding hydrogens is 308 g/mol. The molecule has 2 atom stereocenters. The molecule has 21 heavy (non-hydrogen) atoms. The standard InChI is InChI=1S/C15H19ClN2O2S/c1-10(15-9-11-2-3-12(15)8-11)17-18-21(19,20)14-6-4-13(16)5-7-14/h4-7,11-12,17-18H,2-3,8-9H2,1H3/b15-10-/t11-,12-/m1/s1. The molecule has 6 heteroatoms. The van der Waals surface area contributed by atoms with Crippen LogP contribution >= 0.6 is 11.6 Å². The maximum atomic E-state index is 12.2. The Bertz CT molecular complexity index is 667. The summed E-state index contributed by atoms with van der Waals surface area (Å²) >= 11 is 5.77. The monoisotopic (exact) mass is 326 g/mol. The fourth-order valence-corrected chi connectivity index (χ4v) is 4.44. The van der Waals surface area contributed by atoms with Crippen molar-refractivity contribution < 1.29 is 8.42 Å². The Morgan fingerprint density at radius 1 is 1.24 bits per heavy atom. The Labute approximate surface area is 130 Å². The number of nitrogens with one attached hydrogen (secondary N) is 2. The van der Waals surface area contributed by atoms with E-state index >= 15 is 0 Å². The number of halogens is 1. The molecule has 0 spiro atoms. The van der Waals surface area contributed by atoms with Crippen LogP contribution in [0.1, 0.15) is 32.6 Å². The highest BCUT2D eigenvalue weighted by Crippen LogP contribution is 2.48. The molecule has 2 aliphatic rings. The molecular formula is C15H19ClN2O2S. The third kappa shape index (κ3) is 3.10. The van der Waals surface area contributed by atoms with Crippen LogP contribution in [0.4, 0.5) is 0 Å². The summed E-state index contributed by atoms with van der Waals surface area (Å²) in [6.07, 6.45) is 4.92. The lowest BCUT2D eigenvalue weighted by atomic mass is 9.93. The van der Waals surface area contributed by atoms with E-state index in [1.165, 1.54) is 37.0 Å². The molecule has 4 nitrogen and oxygen atoms in total. The van der Waals surface area contributed by atoms with E-state index in [4.69, 9.17) is 11.6 Å². The SMILES string of the molecule is C/C(NNS(=O)(=O)c1ccc(Cl)cc1)=C1\C[C@@H]2CC[C@@H]1C2. The van der Waals surface area contributed by atoms with Gasteiger partial charge in [0, 0.05) is 10.7 Å². The predicted octanol–water partition coefficient (Wildman–Crippen LogP) is 3.22. The Hall–Kier alpha value is -1.04. The Balaban J connectivity index is 1.69. The average Bonchev–Trinajstić information content (AvgIpc) is 3.08. The maximum Gasteiger partial charge on any atom is 0.257 e. The van der Waals surface area contributed by atoms with Crippen molar-refractivity contribution in [2.75, 3.05) is 0 Å². The molecule has 0 unspecified atom stereocenters. The Morgan fingerprint density at radius 3 is 2.52 bits per heavy atom. The number of hydrazine groups is 1. The van der Waals surface area contributed by atoms with Crippen molar-refractivity contribution >= 4 is 21.6 Å². The van der Waals surface area contributed by atoms with Gasteiger partial charge < -0.3 is 5.43 Å². The molecule has 3 rings (SSSR count). The molecule has 1 aromatic rings. The van der Waals surface area contributed by atoms with Crippen molar-refractivity contribution in [3.8, 4) is 0 Å². The molecule has 1 aromatic carbocycles. The number of fused-ring (bicyclic) bond motifs is 2. The van der Waals surface area contributed by atoms with Gasteiger partial charge in [0.15, 0.2) is 0 Å². The van der Waals surface area contributed by atoms with Crippen LogP contribution in [0.3, 0.4) is 0 Å². The van der Waals surface area contributed by atoms with Crippen molar-refractivity contribution in [1.82, 2.24) is 10.3 Å². The summed E-state index contributed by atoms with van der Waals surface area (Å²) in [5.74, 6) is 1.44. The molecule has 0 heterocycles. The topological polar surface area (TPSA) is 58.2 Å². The maximum absolute atomic E-state index is 12.2. The summed E-state index contributed by atoms with van der Waals surface area (Å²) in [4.78, 5) is 2.65. The second kappa shape index (κ2) is 5.63. The molecule has 0 aliphatic heterocycles. The van der Waals surface area contributed by atoms with E-state index in [2.05, 4.69) is 10.3 Å². The molecule has 114 valence electrons. The zero-order valence-corrected chi connectivity index (χ0v) is 13.5. The minimum Gasteiger partial charge on any atom is -0.312 e. The lowest BCUT2D eigenvalue weighted by molar-refractivity contribution is 0.544. The molecule has 2 fully saturated rings. The van der Waals surface area contributed by atoms with Gasteiger partial charge in [-0.3, -0.25) is 0 Å². The van der Waals surface area contributed by atoms with Gasteiger partial charge in [0.05, 0.1) is 4.90 Å². The van der Waals surface area contributed by atoms with Crippen LogP contribution in [-0.2, 0) is 10.0 Å². The Kier molecular flexibility index (Phi) is 3.99. The first kappa shape index (κ1) is 14.9. The lowest BCUT2D eigenvalue weighted by Crippen LogP contribution is -2.36. The predicted molar refractivity (Wildman–Crippen MR) is 83.1 cm³/mol.